The van der Waals surface area contributed by atoms with Crippen LogP contribution in [0.15, 0.2) is 30.3 Å². The monoisotopic (exact) mass is 234 g/mol. The molecule has 0 atom stereocenters. The molecule has 0 aliphatic rings. The summed E-state index contributed by atoms with van der Waals surface area (Å²) in [4.78, 5) is 23.7. The fourth-order valence-electron chi connectivity index (χ4n) is 1.47. The van der Waals surface area contributed by atoms with Crippen LogP contribution < -0.4 is 10.2 Å². The first-order chi connectivity index (χ1) is 8.29. The molecule has 1 aromatic carbocycles. The Morgan fingerprint density at radius 3 is 2.59 bits per heavy atom. The molecule has 4 heteroatoms. The SMILES string of the molecule is CCCCCNC(=O)N(C=O)c1ccccc1. The van der Waals surface area contributed by atoms with Crippen LogP contribution >= 0.6 is 0 Å². The molecule has 0 aliphatic heterocycles. The lowest BCUT2D eigenvalue weighted by molar-refractivity contribution is -0.106. The standard InChI is InChI=1S/C13H18N2O2/c1-2-3-7-10-14-13(17)15(11-16)12-8-5-4-6-9-12/h4-6,8-9,11H,2-3,7,10H2,1H3,(H,14,17). The third-order valence-electron chi connectivity index (χ3n) is 2.42. The lowest BCUT2D eigenvalue weighted by Crippen LogP contribution is -2.39. The van der Waals surface area contributed by atoms with Gasteiger partial charge in [0.25, 0.3) is 0 Å². The van der Waals surface area contributed by atoms with E-state index < -0.39 is 0 Å². The summed E-state index contributed by atoms with van der Waals surface area (Å²) in [6, 6.07) is 8.49. The van der Waals surface area contributed by atoms with E-state index in [-0.39, 0.29) is 6.03 Å². The summed E-state index contributed by atoms with van der Waals surface area (Å²) in [6.07, 6.45) is 3.65. The normalized spacial score (nSPS) is 9.71. The Kier molecular flexibility index (Phi) is 5.79. The molecule has 0 spiro atoms. The third-order valence-corrected chi connectivity index (χ3v) is 2.42. The fourth-order valence-corrected chi connectivity index (χ4v) is 1.47. The minimum Gasteiger partial charge on any atom is -0.337 e. The van der Waals surface area contributed by atoms with Crippen LogP contribution in [-0.2, 0) is 4.79 Å². The van der Waals surface area contributed by atoms with Gasteiger partial charge in [-0.1, -0.05) is 38.0 Å². The van der Waals surface area contributed by atoms with Crippen LogP contribution in [0.1, 0.15) is 26.2 Å². The maximum absolute atomic E-state index is 11.7. The predicted octanol–water partition coefficient (Wildman–Crippen LogP) is 2.55. The second-order valence-electron chi connectivity index (χ2n) is 3.75. The number of nitrogens with zero attached hydrogens (tertiary/aromatic N) is 1. The largest absolute Gasteiger partial charge is 0.337 e. The molecule has 1 aromatic rings. The third kappa shape index (κ3) is 4.26. The number of carbonyl (C=O) groups excluding carboxylic acids is 2. The van der Waals surface area contributed by atoms with E-state index in [9.17, 15) is 9.59 Å². The van der Waals surface area contributed by atoms with Crippen molar-refractivity contribution < 1.29 is 9.59 Å². The van der Waals surface area contributed by atoms with Crippen molar-refractivity contribution in [2.75, 3.05) is 11.4 Å². The highest BCUT2D eigenvalue weighted by molar-refractivity contribution is 6.05. The van der Waals surface area contributed by atoms with Crippen molar-refractivity contribution in [1.29, 1.82) is 0 Å². The molecule has 92 valence electrons. The average molecular weight is 234 g/mol. The van der Waals surface area contributed by atoms with Gasteiger partial charge in [0.15, 0.2) is 0 Å². The molecule has 0 aromatic heterocycles. The number of hydrogen-bond acceptors (Lipinski definition) is 2. The van der Waals surface area contributed by atoms with Gasteiger partial charge in [0.05, 0.1) is 5.69 Å². The Hall–Kier alpha value is -1.84. The molecule has 0 saturated heterocycles. The fraction of sp³-hybridized carbons (Fsp3) is 0.385. The number of hydrogen-bond donors (Lipinski definition) is 1. The smallest absolute Gasteiger partial charge is 0.328 e. The molecule has 0 saturated carbocycles. The molecule has 0 heterocycles. The molecule has 3 amide bonds. The highest BCUT2D eigenvalue weighted by Crippen LogP contribution is 2.11. The summed E-state index contributed by atoms with van der Waals surface area (Å²) in [6.45, 7) is 2.70. The number of nitrogens with one attached hydrogen (secondary N) is 1. The average Bonchev–Trinajstić information content (AvgIpc) is 2.37. The molecule has 17 heavy (non-hydrogen) atoms. The van der Waals surface area contributed by atoms with E-state index in [0.717, 1.165) is 24.2 Å². The molecule has 4 nitrogen and oxygen atoms in total. The zero-order chi connectivity index (χ0) is 12.5. The number of unbranched alkanes of at least 4 members (excludes halogenated alkanes) is 2. The zero-order valence-electron chi connectivity index (χ0n) is 10.1. The quantitative estimate of drug-likeness (QED) is 0.607. The van der Waals surface area contributed by atoms with Crippen LogP contribution in [0.25, 0.3) is 0 Å². The van der Waals surface area contributed by atoms with Gasteiger partial charge in [-0.3, -0.25) is 4.79 Å². The molecule has 1 rings (SSSR count). The number of amides is 3. The van der Waals surface area contributed by atoms with Gasteiger partial charge in [-0.05, 0) is 18.6 Å². The van der Waals surface area contributed by atoms with Crippen molar-refractivity contribution in [1.82, 2.24) is 5.32 Å². The van der Waals surface area contributed by atoms with Gasteiger partial charge in [0.2, 0.25) is 6.41 Å². The minimum absolute atomic E-state index is 0.373. The summed E-state index contributed by atoms with van der Waals surface area (Å²) in [7, 11) is 0. The number of rotatable bonds is 6. The Bertz CT molecular complexity index is 352. The van der Waals surface area contributed by atoms with Crippen molar-refractivity contribution in [3.8, 4) is 0 Å². The second kappa shape index (κ2) is 7.44. The van der Waals surface area contributed by atoms with Crippen molar-refractivity contribution in [2.45, 2.75) is 26.2 Å². The summed E-state index contributed by atoms with van der Waals surface area (Å²) >= 11 is 0. The molecular weight excluding hydrogens is 216 g/mol. The van der Waals surface area contributed by atoms with Gasteiger partial charge in [0, 0.05) is 6.54 Å². The molecule has 0 radical (unpaired) electrons. The topological polar surface area (TPSA) is 49.4 Å². The number of anilines is 1. The first-order valence-electron chi connectivity index (χ1n) is 5.87. The number of benzene rings is 1. The zero-order valence-corrected chi connectivity index (χ0v) is 10.1. The van der Waals surface area contributed by atoms with Crippen LogP contribution in [-0.4, -0.2) is 19.0 Å². The van der Waals surface area contributed by atoms with Crippen LogP contribution in [0.3, 0.4) is 0 Å². The minimum atomic E-state index is -0.373. The number of urea groups is 1. The molecular formula is C13H18N2O2. The Morgan fingerprint density at radius 2 is 2.00 bits per heavy atom. The summed E-state index contributed by atoms with van der Waals surface area (Å²) in [5.41, 5.74) is 0.579. The van der Waals surface area contributed by atoms with E-state index >= 15 is 0 Å². The van der Waals surface area contributed by atoms with E-state index in [1.54, 1.807) is 24.3 Å². The van der Waals surface area contributed by atoms with Crippen molar-refractivity contribution in [3.05, 3.63) is 30.3 Å². The molecule has 0 fully saturated rings. The van der Waals surface area contributed by atoms with E-state index in [4.69, 9.17) is 0 Å². The Morgan fingerprint density at radius 1 is 1.29 bits per heavy atom. The molecule has 0 aliphatic carbocycles. The van der Waals surface area contributed by atoms with Gasteiger partial charge in [0.1, 0.15) is 0 Å². The second-order valence-corrected chi connectivity index (χ2v) is 3.75. The van der Waals surface area contributed by atoms with Gasteiger partial charge >= 0.3 is 6.03 Å². The predicted molar refractivity (Wildman–Crippen MR) is 67.9 cm³/mol. The Balaban J connectivity index is 2.50. The highest BCUT2D eigenvalue weighted by atomic mass is 16.2. The van der Waals surface area contributed by atoms with Crippen LogP contribution in [0.2, 0.25) is 0 Å². The van der Waals surface area contributed by atoms with Crippen molar-refractivity contribution in [2.24, 2.45) is 0 Å². The number of carbonyl (C=O) groups is 2. The van der Waals surface area contributed by atoms with Gasteiger partial charge in [-0.15, -0.1) is 0 Å². The lowest BCUT2D eigenvalue weighted by atomic mass is 10.2. The number of para-hydroxylation sites is 1. The van der Waals surface area contributed by atoms with Gasteiger partial charge in [-0.2, -0.15) is 0 Å². The van der Waals surface area contributed by atoms with Gasteiger partial charge < -0.3 is 5.32 Å². The molecule has 0 bridgehead atoms. The van der Waals surface area contributed by atoms with Crippen LogP contribution in [0.4, 0.5) is 10.5 Å². The van der Waals surface area contributed by atoms with E-state index in [2.05, 4.69) is 12.2 Å². The van der Waals surface area contributed by atoms with E-state index in [1.165, 1.54) is 0 Å². The van der Waals surface area contributed by atoms with Gasteiger partial charge in [-0.25, -0.2) is 9.69 Å². The Labute approximate surface area is 102 Å². The number of imide groups is 1. The van der Waals surface area contributed by atoms with E-state index in [0.29, 0.717) is 18.6 Å². The van der Waals surface area contributed by atoms with Crippen molar-refractivity contribution >= 4 is 18.1 Å². The van der Waals surface area contributed by atoms with E-state index in [1.807, 2.05) is 6.07 Å². The summed E-state index contributed by atoms with van der Waals surface area (Å²) in [5.74, 6) is 0. The highest BCUT2D eigenvalue weighted by Gasteiger charge is 2.13. The first kappa shape index (κ1) is 13.2. The van der Waals surface area contributed by atoms with Crippen LogP contribution in [0.5, 0.6) is 0 Å². The summed E-state index contributed by atoms with van der Waals surface area (Å²) < 4.78 is 0. The van der Waals surface area contributed by atoms with Crippen molar-refractivity contribution in [3.63, 3.8) is 0 Å². The maximum atomic E-state index is 11.7. The first-order valence-corrected chi connectivity index (χ1v) is 5.87. The maximum Gasteiger partial charge on any atom is 0.328 e. The molecule has 0 unspecified atom stereocenters. The summed E-state index contributed by atoms with van der Waals surface area (Å²) in [5, 5.41) is 2.72. The van der Waals surface area contributed by atoms with Crippen LogP contribution in [0, 0.1) is 0 Å². The molecule has 1 N–H and O–H groups in total. The lowest BCUT2D eigenvalue weighted by Gasteiger charge is -2.16.